The van der Waals surface area contributed by atoms with Crippen LogP contribution in [0.2, 0.25) is 0 Å². The number of rotatable bonds is 0. The zero-order chi connectivity index (χ0) is 11.2. The Morgan fingerprint density at radius 3 is 3.06 bits per heavy atom. The van der Waals surface area contributed by atoms with Crippen LogP contribution in [-0.2, 0) is 0 Å². The van der Waals surface area contributed by atoms with Crippen molar-refractivity contribution in [1.29, 1.82) is 0 Å². The van der Waals surface area contributed by atoms with E-state index in [-0.39, 0.29) is 0 Å². The van der Waals surface area contributed by atoms with E-state index in [1.807, 2.05) is 24.3 Å². The molecule has 0 saturated carbocycles. The summed E-state index contributed by atoms with van der Waals surface area (Å²) >= 11 is 0. The number of fused-ring (bicyclic) bond motifs is 4. The van der Waals surface area contributed by atoms with Gasteiger partial charge in [-0.3, -0.25) is 4.98 Å². The summed E-state index contributed by atoms with van der Waals surface area (Å²) in [5.74, 6) is 0. The van der Waals surface area contributed by atoms with Gasteiger partial charge in [-0.1, -0.05) is 0 Å². The standard InChI is InChI=1S/C13H7N3O/c1-2-11-13(15-3-1)9-5-10-8(4-12(9)17-11)6-14-7-16-10/h1-7H. The van der Waals surface area contributed by atoms with Crippen LogP contribution in [0.3, 0.4) is 0 Å². The van der Waals surface area contributed by atoms with Crippen LogP contribution < -0.4 is 0 Å². The molecule has 0 radical (unpaired) electrons. The van der Waals surface area contributed by atoms with Crippen LogP contribution in [0.5, 0.6) is 0 Å². The quantitative estimate of drug-likeness (QED) is 0.458. The third-order valence-corrected chi connectivity index (χ3v) is 2.85. The van der Waals surface area contributed by atoms with Gasteiger partial charge in [-0.05, 0) is 24.3 Å². The molecule has 4 rings (SSSR count). The van der Waals surface area contributed by atoms with Gasteiger partial charge in [0.1, 0.15) is 17.4 Å². The Balaban J connectivity index is 2.28. The first-order chi connectivity index (χ1) is 8.42. The number of pyridine rings is 1. The second-order valence-electron chi connectivity index (χ2n) is 3.88. The molecule has 0 spiro atoms. The van der Waals surface area contributed by atoms with Crippen LogP contribution >= 0.6 is 0 Å². The topological polar surface area (TPSA) is 51.8 Å². The maximum Gasteiger partial charge on any atom is 0.153 e. The summed E-state index contributed by atoms with van der Waals surface area (Å²) in [5, 5.41) is 1.96. The molecule has 0 saturated heterocycles. The van der Waals surface area contributed by atoms with E-state index in [0.29, 0.717) is 0 Å². The highest BCUT2D eigenvalue weighted by molar-refractivity contribution is 6.07. The van der Waals surface area contributed by atoms with Crippen molar-refractivity contribution in [3.8, 4) is 0 Å². The fraction of sp³-hybridized carbons (Fsp3) is 0. The summed E-state index contributed by atoms with van der Waals surface area (Å²) in [4.78, 5) is 12.6. The maximum absolute atomic E-state index is 5.74. The van der Waals surface area contributed by atoms with E-state index in [1.54, 1.807) is 18.7 Å². The summed E-state index contributed by atoms with van der Waals surface area (Å²) in [7, 11) is 0. The van der Waals surface area contributed by atoms with E-state index >= 15 is 0 Å². The highest BCUT2D eigenvalue weighted by Gasteiger charge is 2.08. The van der Waals surface area contributed by atoms with Gasteiger partial charge in [0.2, 0.25) is 0 Å². The Bertz CT molecular complexity index is 845. The summed E-state index contributed by atoms with van der Waals surface area (Å²) in [6.45, 7) is 0. The van der Waals surface area contributed by atoms with E-state index in [9.17, 15) is 0 Å². The largest absolute Gasteiger partial charge is 0.454 e. The van der Waals surface area contributed by atoms with Crippen molar-refractivity contribution in [3.63, 3.8) is 0 Å². The van der Waals surface area contributed by atoms with Gasteiger partial charge in [0.25, 0.3) is 0 Å². The number of aromatic nitrogens is 3. The highest BCUT2D eigenvalue weighted by Crippen LogP contribution is 2.29. The van der Waals surface area contributed by atoms with Gasteiger partial charge >= 0.3 is 0 Å². The Morgan fingerprint density at radius 2 is 2.06 bits per heavy atom. The van der Waals surface area contributed by atoms with E-state index in [4.69, 9.17) is 4.42 Å². The lowest BCUT2D eigenvalue weighted by atomic mass is 10.2. The molecule has 0 amide bonds. The molecular formula is C13H7N3O. The van der Waals surface area contributed by atoms with Crippen LogP contribution in [0, 0.1) is 0 Å². The van der Waals surface area contributed by atoms with Crippen molar-refractivity contribution in [2.45, 2.75) is 0 Å². The van der Waals surface area contributed by atoms with E-state index < -0.39 is 0 Å². The molecule has 1 aromatic carbocycles. The minimum absolute atomic E-state index is 0.797. The Hall–Kier alpha value is -2.49. The molecule has 0 unspecified atom stereocenters. The first-order valence-corrected chi connectivity index (χ1v) is 5.29. The first-order valence-electron chi connectivity index (χ1n) is 5.29. The van der Waals surface area contributed by atoms with Crippen molar-refractivity contribution in [1.82, 2.24) is 15.0 Å². The molecule has 80 valence electrons. The molecule has 4 heteroatoms. The van der Waals surface area contributed by atoms with E-state index in [1.165, 1.54) is 0 Å². The summed E-state index contributed by atoms with van der Waals surface area (Å²) in [6, 6.07) is 7.72. The van der Waals surface area contributed by atoms with Crippen LogP contribution in [0.4, 0.5) is 0 Å². The second-order valence-corrected chi connectivity index (χ2v) is 3.88. The lowest BCUT2D eigenvalue weighted by Gasteiger charge is -1.94. The third kappa shape index (κ3) is 1.15. The van der Waals surface area contributed by atoms with Crippen molar-refractivity contribution < 1.29 is 4.42 Å². The summed E-state index contributed by atoms with van der Waals surface area (Å²) < 4.78 is 5.74. The molecule has 0 atom stereocenters. The normalized spacial score (nSPS) is 11.5. The van der Waals surface area contributed by atoms with Gasteiger partial charge in [-0.15, -0.1) is 0 Å². The SMILES string of the molecule is c1cnc2c(c1)oc1cc3cncnc3cc12. The van der Waals surface area contributed by atoms with Crippen molar-refractivity contribution >= 4 is 33.0 Å². The fourth-order valence-electron chi connectivity index (χ4n) is 2.07. The summed E-state index contributed by atoms with van der Waals surface area (Å²) in [5.41, 5.74) is 3.40. The average Bonchev–Trinajstić information content (AvgIpc) is 2.73. The highest BCUT2D eigenvalue weighted by atomic mass is 16.3. The van der Waals surface area contributed by atoms with Crippen molar-refractivity contribution in [3.05, 3.63) is 43.0 Å². The predicted octanol–water partition coefficient (Wildman–Crippen LogP) is 2.92. The molecular weight excluding hydrogens is 214 g/mol. The monoisotopic (exact) mass is 221 g/mol. The first kappa shape index (κ1) is 8.64. The molecule has 4 aromatic rings. The summed E-state index contributed by atoms with van der Waals surface area (Å²) in [6.07, 6.45) is 5.09. The van der Waals surface area contributed by atoms with Crippen LogP contribution in [0.1, 0.15) is 0 Å². The van der Waals surface area contributed by atoms with Gasteiger partial charge in [0.15, 0.2) is 5.58 Å². The lowest BCUT2D eigenvalue weighted by Crippen LogP contribution is -1.80. The zero-order valence-electron chi connectivity index (χ0n) is 8.79. The van der Waals surface area contributed by atoms with Gasteiger partial charge < -0.3 is 4.42 Å². The van der Waals surface area contributed by atoms with Crippen molar-refractivity contribution in [2.24, 2.45) is 0 Å². The number of nitrogens with zero attached hydrogens (tertiary/aromatic N) is 3. The van der Waals surface area contributed by atoms with Gasteiger partial charge in [-0.2, -0.15) is 0 Å². The van der Waals surface area contributed by atoms with Gasteiger partial charge in [0, 0.05) is 23.2 Å². The number of benzene rings is 1. The molecule has 0 aliphatic heterocycles. The minimum atomic E-state index is 0.797. The molecule has 0 bridgehead atoms. The molecule has 0 aliphatic carbocycles. The molecule has 0 aliphatic rings. The molecule has 0 N–H and O–H groups in total. The third-order valence-electron chi connectivity index (χ3n) is 2.85. The molecule has 4 nitrogen and oxygen atoms in total. The Morgan fingerprint density at radius 1 is 1.06 bits per heavy atom. The molecule has 0 fully saturated rings. The van der Waals surface area contributed by atoms with Crippen molar-refractivity contribution in [2.75, 3.05) is 0 Å². The van der Waals surface area contributed by atoms with Crippen LogP contribution in [0.15, 0.2) is 47.4 Å². The number of hydrogen-bond donors (Lipinski definition) is 0. The molecule has 3 aromatic heterocycles. The second kappa shape index (κ2) is 3.01. The Kier molecular flexibility index (Phi) is 1.53. The maximum atomic E-state index is 5.74. The molecule has 17 heavy (non-hydrogen) atoms. The minimum Gasteiger partial charge on any atom is -0.454 e. The average molecular weight is 221 g/mol. The number of furan rings is 1. The lowest BCUT2D eigenvalue weighted by molar-refractivity contribution is 0.668. The smallest absolute Gasteiger partial charge is 0.153 e. The molecule has 3 heterocycles. The predicted molar refractivity (Wildman–Crippen MR) is 64.6 cm³/mol. The van der Waals surface area contributed by atoms with Crippen LogP contribution in [-0.4, -0.2) is 15.0 Å². The van der Waals surface area contributed by atoms with E-state index in [2.05, 4.69) is 15.0 Å². The Labute approximate surface area is 95.9 Å². The van der Waals surface area contributed by atoms with E-state index in [0.717, 1.165) is 33.0 Å². The zero-order valence-corrected chi connectivity index (χ0v) is 8.79. The van der Waals surface area contributed by atoms with Gasteiger partial charge in [-0.25, -0.2) is 9.97 Å². The van der Waals surface area contributed by atoms with Crippen LogP contribution in [0.25, 0.3) is 33.0 Å². The fourth-order valence-corrected chi connectivity index (χ4v) is 2.07. The van der Waals surface area contributed by atoms with Gasteiger partial charge in [0.05, 0.1) is 5.52 Å². The number of hydrogen-bond acceptors (Lipinski definition) is 4.